The number of carbonyl (C=O) groups is 4. The summed E-state index contributed by atoms with van der Waals surface area (Å²) in [6, 6.07) is 54.2. The fourth-order valence-corrected chi connectivity index (χ4v) is 15.0. The van der Waals surface area contributed by atoms with Crippen LogP contribution in [0.15, 0.2) is 215 Å². The number of rotatable bonds is 30. The van der Waals surface area contributed by atoms with E-state index >= 15 is 0 Å². The molecule has 8 aliphatic rings. The number of methoxy groups -OCH3 is 1. The second kappa shape index (κ2) is 40.8. The number of hydrogen-bond donors (Lipinski definition) is 12. The van der Waals surface area contributed by atoms with Gasteiger partial charge in [-0.15, -0.1) is 0 Å². The lowest BCUT2D eigenvalue weighted by Crippen LogP contribution is -2.24. The standard InChI is InChI=1S/C25H31N3O3.C24H29N3O3.C23H27N3O3.C22H25N3O3/c1-3-5-13-30-17-11-12-18(22(15-17)31-14-6-4-2)24-23-21(16-26-25(23)29)27-19-9-7-8-10-20(19)28-24;1-3-5-13-29-16-10-11-17(21(14-16)30-12-4-2)23-22-20(15-25-24(22)28)26-18-8-6-7-9-19(18)27-23;1-3-5-12-29-15-10-11-16(20(13-15)28-4-2)22-21-19(14-24-23(21)27)25-17-8-6-7-9-18(17)26-22;1-3-4-11-28-14-9-10-15(19(12-14)27-2)21-20-18(13-23-22(20)26)24-16-7-5-6-8-17(16)25-21/h7-12,15,24,27-28H,3-6,13-14,16H2,1-2H3,(H,26,29);6-11,14,23,26-27H,3-5,12-13,15H2,1-2H3,(H,25,28);6-11,13,22,25-26H,3-5,12,14H2,1-2H3,(H,24,27);5-10,12,21,24-25H,3-4,11,13H2,1-2H3,(H,23,26). The van der Waals surface area contributed by atoms with E-state index in [9.17, 15) is 19.2 Å². The van der Waals surface area contributed by atoms with E-state index in [0.29, 0.717) is 100 Å². The first kappa shape index (κ1) is 83.3. The number of fused-ring (bicyclic) bond motifs is 4. The Hall–Kier alpha value is -12.6. The molecule has 4 atom stereocenters. The maximum atomic E-state index is 12.8. The highest BCUT2D eigenvalue weighted by atomic mass is 16.5. The topological polar surface area (TPSA) is 286 Å². The maximum absolute atomic E-state index is 12.8. The summed E-state index contributed by atoms with van der Waals surface area (Å²) < 4.78 is 47.4. The highest BCUT2D eigenvalue weighted by molar-refractivity contribution is 6.04. The molecule has 0 saturated heterocycles. The molecule has 0 saturated carbocycles. The average molecular weight is 1600 g/mol. The van der Waals surface area contributed by atoms with Gasteiger partial charge in [-0.2, -0.15) is 0 Å². The third-order valence-corrected chi connectivity index (χ3v) is 21.2. The molecule has 4 amide bonds. The quantitative estimate of drug-likeness (QED) is 0.0186. The number of amides is 4. The van der Waals surface area contributed by atoms with Crippen molar-refractivity contribution in [3.63, 3.8) is 0 Å². The molecule has 24 nitrogen and oxygen atoms in total. The fourth-order valence-electron chi connectivity index (χ4n) is 15.0. The van der Waals surface area contributed by atoms with Gasteiger partial charge in [0.15, 0.2) is 0 Å². The summed E-state index contributed by atoms with van der Waals surface area (Å²) in [7, 11) is 1.64. The first-order valence-corrected chi connectivity index (χ1v) is 41.9. The Morgan fingerprint density at radius 1 is 0.280 bits per heavy atom. The lowest BCUT2D eigenvalue weighted by Gasteiger charge is -2.23. The van der Waals surface area contributed by atoms with Crippen LogP contribution in [-0.4, -0.2) is 103 Å². The lowest BCUT2D eigenvalue weighted by molar-refractivity contribution is -0.117. The molecular formula is C94H112N12O12. The van der Waals surface area contributed by atoms with Crippen LogP contribution >= 0.6 is 0 Å². The van der Waals surface area contributed by atoms with Gasteiger partial charge in [-0.05, 0) is 143 Å². The number of anilines is 8. The van der Waals surface area contributed by atoms with Crippen molar-refractivity contribution in [1.29, 1.82) is 0 Å². The second-order valence-electron chi connectivity index (χ2n) is 29.6. The third kappa shape index (κ3) is 19.9. The molecular weight excluding hydrogens is 1490 g/mol. The van der Waals surface area contributed by atoms with Crippen molar-refractivity contribution in [2.45, 2.75) is 143 Å². The van der Waals surface area contributed by atoms with Gasteiger partial charge in [0.1, 0.15) is 46.0 Å². The molecule has 16 rings (SSSR count). The van der Waals surface area contributed by atoms with Crippen molar-refractivity contribution in [2.75, 3.05) is 122 Å². The predicted molar refractivity (Wildman–Crippen MR) is 467 cm³/mol. The van der Waals surface area contributed by atoms with Crippen LogP contribution in [0.3, 0.4) is 0 Å². The van der Waals surface area contributed by atoms with Crippen LogP contribution in [-0.2, 0) is 19.2 Å². The van der Waals surface area contributed by atoms with Crippen LogP contribution in [0.5, 0.6) is 46.0 Å². The van der Waals surface area contributed by atoms with Crippen molar-refractivity contribution >= 4 is 69.1 Å². The lowest BCUT2D eigenvalue weighted by atomic mass is 9.96. The zero-order valence-corrected chi connectivity index (χ0v) is 68.9. The first-order valence-electron chi connectivity index (χ1n) is 41.9. The Morgan fingerprint density at radius 3 is 0.788 bits per heavy atom. The van der Waals surface area contributed by atoms with Crippen molar-refractivity contribution in [1.82, 2.24) is 21.3 Å². The van der Waals surface area contributed by atoms with Gasteiger partial charge in [0.05, 0.1) is 171 Å². The molecule has 24 heteroatoms. The molecule has 0 aromatic heterocycles. The summed E-state index contributed by atoms with van der Waals surface area (Å²) in [6.07, 6.45) is 11.3. The molecule has 0 radical (unpaired) electrons. The van der Waals surface area contributed by atoms with Gasteiger partial charge in [-0.25, -0.2) is 0 Å². The Labute approximate surface area is 692 Å². The number of benzene rings is 8. The van der Waals surface area contributed by atoms with E-state index in [1.807, 2.05) is 177 Å². The van der Waals surface area contributed by atoms with Crippen LogP contribution in [0, 0.1) is 0 Å². The monoisotopic (exact) mass is 1600 g/mol. The number of para-hydroxylation sites is 8. The normalized spacial score (nSPS) is 17.4. The molecule has 118 heavy (non-hydrogen) atoms. The van der Waals surface area contributed by atoms with Gasteiger partial charge in [0.25, 0.3) is 23.6 Å². The molecule has 8 heterocycles. The summed E-state index contributed by atoms with van der Waals surface area (Å²) in [5.74, 6) is 5.79. The molecule has 0 spiro atoms. The molecule has 0 bridgehead atoms. The van der Waals surface area contributed by atoms with Gasteiger partial charge in [0.2, 0.25) is 0 Å². The smallest absolute Gasteiger partial charge is 0.251 e. The zero-order chi connectivity index (χ0) is 82.3. The minimum Gasteiger partial charge on any atom is -0.496 e. The summed E-state index contributed by atoms with van der Waals surface area (Å²) >= 11 is 0. The third-order valence-electron chi connectivity index (χ3n) is 21.2. The minimum atomic E-state index is -0.326. The van der Waals surface area contributed by atoms with E-state index in [1.165, 1.54) is 0 Å². The molecule has 12 N–H and O–H groups in total. The summed E-state index contributed by atoms with van der Waals surface area (Å²) in [6.45, 7) is 21.2. The van der Waals surface area contributed by atoms with E-state index < -0.39 is 0 Å². The predicted octanol–water partition coefficient (Wildman–Crippen LogP) is 17.7. The molecule has 8 aromatic rings. The Kier molecular flexibility index (Phi) is 28.8. The van der Waals surface area contributed by atoms with Crippen molar-refractivity contribution in [3.8, 4) is 46.0 Å². The van der Waals surface area contributed by atoms with Crippen LogP contribution < -0.4 is 102 Å². The van der Waals surface area contributed by atoms with E-state index in [4.69, 9.17) is 37.9 Å². The van der Waals surface area contributed by atoms with Crippen molar-refractivity contribution in [2.24, 2.45) is 0 Å². The van der Waals surface area contributed by atoms with Crippen LogP contribution in [0.1, 0.15) is 166 Å². The summed E-state index contributed by atoms with van der Waals surface area (Å²) in [5, 5.41) is 39.7. The number of nitrogens with one attached hydrogen (secondary N) is 12. The number of unbranched alkanes of at least 4 members (excludes halogenated alkanes) is 5. The van der Waals surface area contributed by atoms with Gasteiger partial charge < -0.3 is 102 Å². The van der Waals surface area contributed by atoms with Crippen molar-refractivity contribution < 1.29 is 57.1 Å². The van der Waals surface area contributed by atoms with E-state index in [2.05, 4.69) is 105 Å². The van der Waals surface area contributed by atoms with E-state index in [1.54, 1.807) is 7.11 Å². The summed E-state index contributed by atoms with van der Waals surface area (Å²) in [4.78, 5) is 50.9. The Morgan fingerprint density at radius 2 is 0.525 bits per heavy atom. The summed E-state index contributed by atoms with van der Waals surface area (Å²) in [5.41, 5.74) is 17.7. The first-order chi connectivity index (χ1) is 57.8. The van der Waals surface area contributed by atoms with Gasteiger partial charge in [0, 0.05) is 69.3 Å². The fraction of sp³-hybridized carbons (Fsp3) is 0.362. The SMILES string of the molecule is CCCCOc1ccc(C2Nc3ccccc3NC3=C2C(=O)NC3)c(OC)c1.CCCCOc1ccc(C2Nc3ccccc3NC3=C2C(=O)NC3)c(OCC)c1.CCCCOc1ccc(C2Nc3ccccc3NC3=C2C(=O)NC3)c(OCCC)c1.CCCCOc1ccc(C2Nc3ccccc3NC3=C2C(=O)NC3)c(OCCCC)c1. The largest absolute Gasteiger partial charge is 0.496 e. The Balaban J connectivity index is 0.000000136. The molecule has 620 valence electrons. The average Bonchev–Trinajstić information content (AvgIpc) is 1.65. The second-order valence-corrected chi connectivity index (χ2v) is 29.6. The molecule has 0 fully saturated rings. The molecule has 4 unspecified atom stereocenters. The Bertz CT molecular complexity index is 5020. The van der Waals surface area contributed by atoms with Crippen LogP contribution in [0.25, 0.3) is 0 Å². The number of carbonyl (C=O) groups excluding carboxylic acids is 4. The van der Waals surface area contributed by atoms with E-state index in [-0.39, 0.29) is 47.8 Å². The van der Waals surface area contributed by atoms with E-state index in [0.717, 1.165) is 201 Å². The van der Waals surface area contributed by atoms with Gasteiger partial charge >= 0.3 is 0 Å². The molecule has 8 aliphatic heterocycles. The van der Waals surface area contributed by atoms with Crippen molar-refractivity contribution in [3.05, 3.63) is 237 Å². The zero-order valence-electron chi connectivity index (χ0n) is 68.9. The number of ether oxygens (including phenoxy) is 8. The number of hydrogen-bond acceptors (Lipinski definition) is 20. The minimum absolute atomic E-state index is 0.0596. The van der Waals surface area contributed by atoms with Gasteiger partial charge in [-0.3, -0.25) is 19.2 Å². The van der Waals surface area contributed by atoms with Crippen LogP contribution in [0.4, 0.5) is 45.5 Å². The highest BCUT2D eigenvalue weighted by Gasteiger charge is 2.40. The molecule has 8 aromatic carbocycles. The molecule has 0 aliphatic carbocycles. The highest BCUT2D eigenvalue weighted by Crippen LogP contribution is 2.47. The van der Waals surface area contributed by atoms with Crippen LogP contribution in [0.2, 0.25) is 0 Å². The maximum Gasteiger partial charge on any atom is 0.251 e. The van der Waals surface area contributed by atoms with Gasteiger partial charge in [-0.1, -0.05) is 122 Å².